The van der Waals surface area contributed by atoms with E-state index in [1.807, 2.05) is 0 Å². The van der Waals surface area contributed by atoms with Crippen LogP contribution in [0, 0.1) is 5.82 Å². The first-order valence-electron chi connectivity index (χ1n) is 8.07. The van der Waals surface area contributed by atoms with Crippen molar-refractivity contribution >= 4 is 51.3 Å². The minimum Gasteiger partial charge on any atom is -0.494 e. The van der Waals surface area contributed by atoms with Crippen molar-refractivity contribution in [1.82, 2.24) is 0 Å². The minimum absolute atomic E-state index is 0.131. The molecule has 0 unspecified atom stereocenters. The molecule has 0 fully saturated rings. The van der Waals surface area contributed by atoms with Crippen molar-refractivity contribution in [3.8, 4) is 5.75 Å². The van der Waals surface area contributed by atoms with Crippen LogP contribution >= 0.6 is 33.2 Å². The van der Waals surface area contributed by atoms with Crippen LogP contribution in [0.2, 0.25) is 6.04 Å². The Morgan fingerprint density at radius 2 is 1.84 bits per heavy atom. The molecular formula is C17H22Cl3FO3Si. The lowest BCUT2D eigenvalue weighted by Crippen LogP contribution is -2.07. The van der Waals surface area contributed by atoms with Gasteiger partial charge < -0.3 is 9.84 Å². The van der Waals surface area contributed by atoms with E-state index in [9.17, 15) is 14.3 Å². The number of unbranched alkanes of at least 4 members (excludes halogenated alkanes) is 4. The van der Waals surface area contributed by atoms with Crippen molar-refractivity contribution in [1.29, 1.82) is 0 Å². The summed E-state index contributed by atoms with van der Waals surface area (Å²) >= 11 is 17.5. The Labute approximate surface area is 162 Å². The van der Waals surface area contributed by atoms with Gasteiger partial charge in [0.15, 0.2) is 11.6 Å². The molecule has 1 N–H and O–H groups in total. The van der Waals surface area contributed by atoms with Crippen LogP contribution in [-0.4, -0.2) is 24.2 Å². The number of methoxy groups -OCH3 is 1. The summed E-state index contributed by atoms with van der Waals surface area (Å²) in [6, 6.07) is 2.51. The maximum Gasteiger partial charge on any atom is 0.341 e. The number of carboxylic acid groups (broad SMARTS) is 1. The van der Waals surface area contributed by atoms with E-state index in [0.717, 1.165) is 32.1 Å². The van der Waals surface area contributed by atoms with E-state index in [1.54, 1.807) is 6.07 Å². The summed E-state index contributed by atoms with van der Waals surface area (Å²) in [5.74, 6) is -1.37. The number of benzene rings is 1. The maximum atomic E-state index is 13.7. The lowest BCUT2D eigenvalue weighted by molar-refractivity contribution is -0.132. The van der Waals surface area contributed by atoms with Gasteiger partial charge in [0.2, 0.25) is 0 Å². The molecule has 0 radical (unpaired) electrons. The van der Waals surface area contributed by atoms with Gasteiger partial charge in [0.05, 0.1) is 7.11 Å². The van der Waals surface area contributed by atoms with E-state index in [4.69, 9.17) is 38.0 Å². The third-order valence-electron chi connectivity index (χ3n) is 3.70. The molecule has 0 atom stereocenters. The third-order valence-corrected chi connectivity index (χ3v) is 6.32. The van der Waals surface area contributed by atoms with Crippen molar-refractivity contribution in [2.75, 3.05) is 7.11 Å². The average Bonchev–Trinajstić information content (AvgIpc) is 2.51. The van der Waals surface area contributed by atoms with Gasteiger partial charge in [0.25, 0.3) is 0 Å². The average molecular weight is 428 g/mol. The number of halogens is 4. The van der Waals surface area contributed by atoms with Crippen LogP contribution in [0.5, 0.6) is 5.75 Å². The van der Waals surface area contributed by atoms with Crippen molar-refractivity contribution in [2.45, 2.75) is 44.6 Å². The van der Waals surface area contributed by atoms with Crippen LogP contribution in [0.3, 0.4) is 0 Å². The van der Waals surface area contributed by atoms with Crippen molar-refractivity contribution in [2.24, 2.45) is 0 Å². The molecule has 1 rings (SSSR count). The van der Waals surface area contributed by atoms with E-state index in [2.05, 4.69) is 0 Å². The predicted octanol–water partition coefficient (Wildman–Crippen LogP) is 6.30. The van der Waals surface area contributed by atoms with Crippen LogP contribution < -0.4 is 4.74 Å². The van der Waals surface area contributed by atoms with E-state index < -0.39 is 17.8 Å². The number of carbonyl (C=O) groups is 1. The fraction of sp³-hybridized carbons (Fsp3) is 0.471. The molecule has 0 aromatic heterocycles. The van der Waals surface area contributed by atoms with Gasteiger partial charge in [-0.1, -0.05) is 31.7 Å². The number of ether oxygens (including phenoxy) is 1. The SMILES string of the molecule is COc1ccc(/C=C(\CCCCCCC[Si](Cl)(Cl)Cl)C(=O)O)cc1F. The standard InChI is InChI=1S/C17H22Cl3FO3Si/c1-24-16-9-8-13(12-15(16)21)11-14(17(22)23)7-5-3-2-4-6-10-25(18,19)20/h8-9,11-12H,2-7,10H2,1H3,(H,22,23)/b14-11+. The second kappa shape index (κ2) is 11.1. The summed E-state index contributed by atoms with van der Waals surface area (Å²) in [6.45, 7) is 0. The molecule has 0 aliphatic heterocycles. The Kier molecular flexibility index (Phi) is 9.86. The quantitative estimate of drug-likeness (QED) is 0.195. The van der Waals surface area contributed by atoms with Gasteiger partial charge in [-0.15, -0.1) is 33.2 Å². The molecule has 25 heavy (non-hydrogen) atoms. The number of rotatable bonds is 11. The zero-order valence-corrected chi connectivity index (χ0v) is 17.3. The first-order chi connectivity index (χ1) is 11.7. The van der Waals surface area contributed by atoms with Crippen LogP contribution in [0.25, 0.3) is 6.08 Å². The molecule has 0 aliphatic carbocycles. The van der Waals surface area contributed by atoms with E-state index in [-0.39, 0.29) is 11.3 Å². The summed E-state index contributed by atoms with van der Waals surface area (Å²) in [7, 11) is 1.38. The van der Waals surface area contributed by atoms with Crippen LogP contribution in [0.4, 0.5) is 4.39 Å². The minimum atomic E-state index is -2.52. The summed E-state index contributed by atoms with van der Waals surface area (Å²) in [5, 5.41) is 9.31. The zero-order chi connectivity index (χ0) is 18.9. The predicted molar refractivity (Wildman–Crippen MR) is 104 cm³/mol. The summed E-state index contributed by atoms with van der Waals surface area (Å²) in [6.07, 6.45) is 6.41. The molecule has 0 heterocycles. The van der Waals surface area contributed by atoms with Gasteiger partial charge in [-0.25, -0.2) is 9.18 Å². The Bertz CT molecular complexity index is 603. The summed E-state index contributed by atoms with van der Waals surface area (Å²) in [5.41, 5.74) is 0.765. The van der Waals surface area contributed by atoms with Crippen LogP contribution in [0.15, 0.2) is 23.8 Å². The number of hydrogen-bond donors (Lipinski definition) is 1. The van der Waals surface area contributed by atoms with Gasteiger partial charge in [-0.2, -0.15) is 0 Å². The van der Waals surface area contributed by atoms with E-state index in [0.29, 0.717) is 18.0 Å². The normalized spacial score (nSPS) is 12.3. The Morgan fingerprint density at radius 1 is 1.20 bits per heavy atom. The lowest BCUT2D eigenvalue weighted by Gasteiger charge is -2.07. The highest BCUT2D eigenvalue weighted by molar-refractivity contribution is 7.64. The fourth-order valence-electron chi connectivity index (χ4n) is 2.39. The molecule has 0 amide bonds. The molecule has 1 aromatic carbocycles. The van der Waals surface area contributed by atoms with Crippen LogP contribution in [-0.2, 0) is 4.79 Å². The second-order valence-corrected chi connectivity index (χ2v) is 15.0. The molecule has 0 saturated carbocycles. The monoisotopic (exact) mass is 426 g/mol. The smallest absolute Gasteiger partial charge is 0.341 e. The largest absolute Gasteiger partial charge is 0.494 e. The molecule has 8 heteroatoms. The zero-order valence-electron chi connectivity index (χ0n) is 14.0. The molecule has 0 spiro atoms. The molecule has 3 nitrogen and oxygen atoms in total. The topological polar surface area (TPSA) is 46.5 Å². The van der Waals surface area contributed by atoms with Crippen molar-refractivity contribution in [3.05, 3.63) is 35.2 Å². The highest BCUT2D eigenvalue weighted by atomic mass is 35.8. The molecule has 0 aliphatic rings. The van der Waals surface area contributed by atoms with Gasteiger partial charge in [0.1, 0.15) is 0 Å². The van der Waals surface area contributed by atoms with Gasteiger partial charge >= 0.3 is 12.0 Å². The van der Waals surface area contributed by atoms with Gasteiger partial charge in [-0.3, -0.25) is 0 Å². The molecule has 0 bridgehead atoms. The number of hydrogen-bond acceptors (Lipinski definition) is 2. The lowest BCUT2D eigenvalue weighted by atomic mass is 10.0. The highest BCUT2D eigenvalue weighted by Crippen LogP contribution is 2.28. The maximum absolute atomic E-state index is 13.7. The Hall–Kier alpha value is -0.753. The van der Waals surface area contributed by atoms with Gasteiger partial charge in [0, 0.05) is 5.57 Å². The summed E-state index contributed by atoms with van der Waals surface area (Å²) in [4.78, 5) is 11.4. The number of carboxylic acids is 1. The Balaban J connectivity index is 2.47. The highest BCUT2D eigenvalue weighted by Gasteiger charge is 2.23. The third kappa shape index (κ3) is 9.49. The Morgan fingerprint density at radius 3 is 2.40 bits per heavy atom. The van der Waals surface area contributed by atoms with Crippen LogP contribution in [0.1, 0.15) is 44.1 Å². The molecule has 140 valence electrons. The molecule has 0 saturated heterocycles. The van der Waals surface area contributed by atoms with E-state index in [1.165, 1.54) is 25.3 Å². The van der Waals surface area contributed by atoms with Crippen molar-refractivity contribution < 1.29 is 19.0 Å². The number of aliphatic carboxylic acids is 1. The fourth-order valence-corrected chi connectivity index (χ4v) is 4.24. The first kappa shape index (κ1) is 22.3. The molecule has 1 aromatic rings. The van der Waals surface area contributed by atoms with Crippen molar-refractivity contribution in [3.63, 3.8) is 0 Å². The first-order valence-corrected chi connectivity index (χ1v) is 13.3. The van der Waals surface area contributed by atoms with Gasteiger partial charge in [-0.05, 0) is 42.7 Å². The molecular weight excluding hydrogens is 406 g/mol. The second-order valence-electron chi connectivity index (χ2n) is 5.75. The summed E-state index contributed by atoms with van der Waals surface area (Å²) < 4.78 is 18.5. The van der Waals surface area contributed by atoms with E-state index >= 15 is 0 Å².